The number of hydrogen-bond donors (Lipinski definition) is 1. The molecule has 2 aromatic carbocycles. The Kier molecular flexibility index (Phi) is 6.15. The first-order valence-electron chi connectivity index (χ1n) is 9.26. The molecule has 28 heavy (non-hydrogen) atoms. The maximum absolute atomic E-state index is 12.2. The number of pyridine rings is 1. The lowest BCUT2D eigenvalue weighted by atomic mass is 10.0. The molecule has 1 aromatic heterocycles. The lowest BCUT2D eigenvalue weighted by Gasteiger charge is -2.10. The number of carbonyl (C=O) groups excluding carboxylic acids is 2. The van der Waals surface area contributed by atoms with E-state index in [0.717, 1.165) is 10.5 Å². The smallest absolute Gasteiger partial charge is 0.225 e. The fourth-order valence-electron chi connectivity index (χ4n) is 3.18. The minimum atomic E-state index is -0.0717. The van der Waals surface area contributed by atoms with Crippen molar-refractivity contribution in [1.82, 2.24) is 4.98 Å². The second-order valence-corrected chi connectivity index (χ2v) is 8.15. The Morgan fingerprint density at radius 1 is 1.04 bits per heavy atom. The summed E-state index contributed by atoms with van der Waals surface area (Å²) in [4.78, 5) is 28.5. The molecule has 1 amide bonds. The van der Waals surface area contributed by atoms with Crippen molar-refractivity contribution < 1.29 is 9.59 Å². The standard InChI is InChI=1S/C23H24N2O2S/c1-14-10-16(3)23-20(11-14)15(2)12-22(25-23)28-9-8-21(27)24-19-7-5-6-18(13-19)17(4)26/h5-7,10-13H,8-9H2,1-4H3,(H,24,27). The zero-order valence-electron chi connectivity index (χ0n) is 16.6. The third-order valence-electron chi connectivity index (χ3n) is 4.56. The topological polar surface area (TPSA) is 59.1 Å². The Balaban J connectivity index is 1.62. The minimum Gasteiger partial charge on any atom is -0.326 e. The van der Waals surface area contributed by atoms with Gasteiger partial charge in [0.05, 0.1) is 10.5 Å². The molecule has 0 unspecified atom stereocenters. The van der Waals surface area contributed by atoms with Gasteiger partial charge in [0.1, 0.15) is 0 Å². The van der Waals surface area contributed by atoms with Crippen LogP contribution < -0.4 is 5.32 Å². The van der Waals surface area contributed by atoms with Crippen molar-refractivity contribution in [2.75, 3.05) is 11.1 Å². The maximum Gasteiger partial charge on any atom is 0.225 e. The van der Waals surface area contributed by atoms with Crippen molar-refractivity contribution in [3.05, 3.63) is 64.7 Å². The number of fused-ring (bicyclic) bond motifs is 1. The number of ketones is 1. The van der Waals surface area contributed by atoms with Gasteiger partial charge in [-0.05, 0) is 63.1 Å². The Morgan fingerprint density at radius 3 is 2.57 bits per heavy atom. The van der Waals surface area contributed by atoms with Crippen LogP contribution in [0.4, 0.5) is 5.69 Å². The second-order valence-electron chi connectivity index (χ2n) is 7.04. The van der Waals surface area contributed by atoms with E-state index in [1.54, 1.807) is 36.0 Å². The van der Waals surface area contributed by atoms with E-state index in [4.69, 9.17) is 4.98 Å². The highest BCUT2D eigenvalue weighted by Crippen LogP contribution is 2.27. The van der Waals surface area contributed by atoms with Crippen molar-refractivity contribution in [3.8, 4) is 0 Å². The number of aryl methyl sites for hydroxylation is 3. The summed E-state index contributed by atoms with van der Waals surface area (Å²) >= 11 is 1.58. The Hall–Kier alpha value is -2.66. The van der Waals surface area contributed by atoms with Crippen LogP contribution in [0.25, 0.3) is 10.9 Å². The summed E-state index contributed by atoms with van der Waals surface area (Å²) in [5, 5.41) is 4.97. The van der Waals surface area contributed by atoms with Crippen LogP contribution in [0.15, 0.2) is 47.5 Å². The summed E-state index contributed by atoms with van der Waals surface area (Å²) in [6.07, 6.45) is 0.376. The molecule has 0 aliphatic heterocycles. The summed E-state index contributed by atoms with van der Waals surface area (Å²) in [5.41, 5.74) is 5.87. The van der Waals surface area contributed by atoms with E-state index >= 15 is 0 Å². The SMILES string of the molecule is CC(=O)c1cccc(NC(=O)CCSc2cc(C)c3cc(C)cc(C)c3n2)c1. The molecular weight excluding hydrogens is 368 g/mol. The number of nitrogens with one attached hydrogen (secondary N) is 1. The van der Waals surface area contributed by atoms with Crippen molar-refractivity contribution >= 4 is 40.0 Å². The van der Waals surface area contributed by atoms with E-state index in [9.17, 15) is 9.59 Å². The summed E-state index contributed by atoms with van der Waals surface area (Å²) in [7, 11) is 0. The number of nitrogens with zero attached hydrogens (tertiary/aromatic N) is 1. The average Bonchev–Trinajstić information content (AvgIpc) is 2.63. The number of carbonyl (C=O) groups is 2. The molecule has 0 atom stereocenters. The van der Waals surface area contributed by atoms with Crippen molar-refractivity contribution in [2.45, 2.75) is 39.1 Å². The lowest BCUT2D eigenvalue weighted by molar-refractivity contribution is -0.115. The first-order chi connectivity index (χ1) is 13.3. The quantitative estimate of drug-likeness (QED) is 0.445. The van der Waals surface area contributed by atoms with Crippen LogP contribution in [-0.2, 0) is 4.79 Å². The minimum absolute atomic E-state index is 0.0186. The maximum atomic E-state index is 12.2. The predicted octanol–water partition coefficient (Wildman–Crippen LogP) is 5.48. The summed E-state index contributed by atoms with van der Waals surface area (Å²) < 4.78 is 0. The van der Waals surface area contributed by atoms with E-state index in [0.29, 0.717) is 23.4 Å². The molecule has 5 heteroatoms. The fraction of sp³-hybridized carbons (Fsp3) is 0.261. The van der Waals surface area contributed by atoms with E-state index in [2.05, 4.69) is 44.3 Å². The van der Waals surface area contributed by atoms with Gasteiger partial charge in [-0.1, -0.05) is 23.8 Å². The van der Waals surface area contributed by atoms with Gasteiger partial charge in [-0.25, -0.2) is 4.98 Å². The highest BCUT2D eigenvalue weighted by atomic mass is 32.2. The number of amides is 1. The molecule has 1 N–H and O–H groups in total. The van der Waals surface area contributed by atoms with Crippen molar-refractivity contribution in [1.29, 1.82) is 0 Å². The number of aromatic nitrogens is 1. The van der Waals surface area contributed by atoms with Gasteiger partial charge in [0.2, 0.25) is 5.91 Å². The normalized spacial score (nSPS) is 10.9. The molecule has 0 bridgehead atoms. The highest BCUT2D eigenvalue weighted by Gasteiger charge is 2.09. The third kappa shape index (κ3) is 4.78. The number of rotatable bonds is 6. The van der Waals surface area contributed by atoms with E-state index in [-0.39, 0.29) is 11.7 Å². The lowest BCUT2D eigenvalue weighted by Crippen LogP contribution is -2.12. The molecule has 0 fully saturated rings. The third-order valence-corrected chi connectivity index (χ3v) is 5.48. The Labute approximate surface area is 169 Å². The molecule has 0 radical (unpaired) electrons. The number of thioether (sulfide) groups is 1. The van der Waals surface area contributed by atoms with Gasteiger partial charge in [0, 0.05) is 28.8 Å². The molecular formula is C23H24N2O2S. The molecule has 3 rings (SSSR count). The van der Waals surface area contributed by atoms with Crippen LogP contribution in [0.5, 0.6) is 0 Å². The molecule has 3 aromatic rings. The first kappa shape index (κ1) is 20.1. The van der Waals surface area contributed by atoms with Gasteiger partial charge in [-0.3, -0.25) is 9.59 Å². The van der Waals surface area contributed by atoms with Gasteiger partial charge >= 0.3 is 0 Å². The molecule has 0 aliphatic rings. The van der Waals surface area contributed by atoms with Crippen LogP contribution in [-0.4, -0.2) is 22.4 Å². The van der Waals surface area contributed by atoms with Crippen molar-refractivity contribution in [2.24, 2.45) is 0 Å². The molecule has 144 valence electrons. The van der Waals surface area contributed by atoms with Gasteiger partial charge in [0.25, 0.3) is 0 Å². The monoisotopic (exact) mass is 392 g/mol. The summed E-state index contributed by atoms with van der Waals surface area (Å²) in [5.74, 6) is 0.550. The number of benzene rings is 2. The van der Waals surface area contributed by atoms with Gasteiger partial charge in [0.15, 0.2) is 5.78 Å². The second kappa shape index (κ2) is 8.57. The van der Waals surface area contributed by atoms with Crippen molar-refractivity contribution in [3.63, 3.8) is 0 Å². The highest BCUT2D eigenvalue weighted by molar-refractivity contribution is 7.99. The fourth-order valence-corrected chi connectivity index (χ4v) is 4.09. The molecule has 4 nitrogen and oxygen atoms in total. The average molecular weight is 393 g/mol. The Bertz CT molecular complexity index is 1060. The van der Waals surface area contributed by atoms with E-state index in [1.165, 1.54) is 29.0 Å². The van der Waals surface area contributed by atoms with Crippen LogP contribution >= 0.6 is 11.8 Å². The van der Waals surface area contributed by atoms with Gasteiger partial charge in [-0.2, -0.15) is 0 Å². The predicted molar refractivity (Wildman–Crippen MR) is 116 cm³/mol. The molecule has 1 heterocycles. The number of hydrogen-bond acceptors (Lipinski definition) is 4. The van der Waals surface area contributed by atoms with Crippen LogP contribution in [0.1, 0.15) is 40.4 Å². The van der Waals surface area contributed by atoms with Gasteiger partial charge in [-0.15, -0.1) is 11.8 Å². The van der Waals surface area contributed by atoms with Crippen LogP contribution in [0.3, 0.4) is 0 Å². The largest absolute Gasteiger partial charge is 0.326 e. The van der Waals surface area contributed by atoms with E-state index in [1.807, 2.05) is 0 Å². The zero-order chi connectivity index (χ0) is 20.3. The molecule has 0 saturated heterocycles. The number of Topliss-reactive ketones (excluding diaryl/α,β-unsaturated/α-hetero) is 1. The molecule has 0 saturated carbocycles. The summed E-state index contributed by atoms with van der Waals surface area (Å²) in [6.45, 7) is 7.79. The van der Waals surface area contributed by atoms with Crippen LogP contribution in [0, 0.1) is 20.8 Å². The molecule has 0 aliphatic carbocycles. The van der Waals surface area contributed by atoms with Gasteiger partial charge < -0.3 is 5.32 Å². The zero-order valence-corrected chi connectivity index (χ0v) is 17.4. The molecule has 0 spiro atoms. The van der Waals surface area contributed by atoms with Crippen LogP contribution in [0.2, 0.25) is 0 Å². The number of anilines is 1. The first-order valence-corrected chi connectivity index (χ1v) is 10.2. The Morgan fingerprint density at radius 2 is 1.82 bits per heavy atom. The van der Waals surface area contributed by atoms with E-state index < -0.39 is 0 Å². The summed E-state index contributed by atoms with van der Waals surface area (Å²) in [6, 6.07) is 13.4.